The average molecular weight is 518 g/mol. The van der Waals surface area contributed by atoms with E-state index in [0.717, 1.165) is 16.2 Å². The Bertz CT molecular complexity index is 1260. The molecule has 15 heteroatoms. The number of carboxylic acids is 1. The van der Waals surface area contributed by atoms with Crippen LogP contribution in [0.5, 0.6) is 0 Å². The van der Waals surface area contributed by atoms with E-state index in [2.05, 4.69) is 20.6 Å². The topological polar surface area (TPSA) is 187 Å². The number of nitrogen functional groups attached to an aromatic ring is 1. The molecule has 2 aromatic heterocycles. The van der Waals surface area contributed by atoms with Gasteiger partial charge in [0.1, 0.15) is 24.2 Å². The van der Waals surface area contributed by atoms with E-state index in [0.29, 0.717) is 16.9 Å². The third kappa shape index (κ3) is 4.81. The molecule has 0 spiro atoms. The molecule has 2 aliphatic heterocycles. The SMILES string of the molecule is CON=C(C(=O)NC1C(=O)N2C(C(=O)[O-])=C(C[n+]3ccc(C=NO)cc3)CS[C@@H]12)c1csc(N)n1. The minimum Gasteiger partial charge on any atom is -0.543 e. The van der Waals surface area contributed by atoms with Gasteiger partial charge in [0.25, 0.3) is 11.8 Å². The van der Waals surface area contributed by atoms with Crippen LogP contribution in [0, 0.1) is 0 Å². The number of thioether (sulfide) groups is 1. The van der Waals surface area contributed by atoms with Crippen LogP contribution in [0.3, 0.4) is 0 Å². The minimum absolute atomic E-state index is 0.157. The number of pyridine rings is 1. The number of aromatic nitrogens is 2. The number of aliphatic carboxylic acids is 1. The van der Waals surface area contributed by atoms with E-state index in [1.54, 1.807) is 29.1 Å². The predicted octanol–water partition coefficient (Wildman–Crippen LogP) is -1.72. The Hall–Kier alpha value is -3.98. The number of hydrogen-bond donors (Lipinski definition) is 3. The molecule has 0 aliphatic carbocycles. The van der Waals surface area contributed by atoms with Crippen LogP contribution in [-0.2, 0) is 25.8 Å². The molecule has 0 radical (unpaired) electrons. The molecule has 1 fully saturated rings. The Kier molecular flexibility index (Phi) is 6.97. The zero-order valence-electron chi connectivity index (χ0n) is 18.2. The van der Waals surface area contributed by atoms with Gasteiger partial charge in [-0.05, 0) is 0 Å². The van der Waals surface area contributed by atoms with Crippen LogP contribution >= 0.6 is 23.1 Å². The summed E-state index contributed by atoms with van der Waals surface area (Å²) < 4.78 is 1.73. The molecule has 35 heavy (non-hydrogen) atoms. The fraction of sp³-hybridized carbons (Fsp3) is 0.250. The molecule has 2 aromatic rings. The summed E-state index contributed by atoms with van der Waals surface area (Å²) in [5, 5.41) is 31.0. The van der Waals surface area contributed by atoms with Crippen molar-refractivity contribution in [1.29, 1.82) is 0 Å². The summed E-state index contributed by atoms with van der Waals surface area (Å²) in [7, 11) is 1.26. The van der Waals surface area contributed by atoms with Gasteiger partial charge in [0, 0.05) is 34.4 Å². The van der Waals surface area contributed by atoms with Crippen LogP contribution in [0.2, 0.25) is 0 Å². The Labute approximate surface area is 206 Å². The number of β-lactam (4-membered cyclic amide) rings is 1. The highest BCUT2D eigenvalue weighted by molar-refractivity contribution is 8.00. The monoisotopic (exact) mass is 517 g/mol. The standard InChI is InChI=1S/C20H19N7O6S2/c1-33-25-13(12-9-35-20(21)23-12)16(28)24-14-17(29)27-15(19(30)31)11(8-34-18(14)27)7-26-4-2-10(3-5-26)6-22-32/h2-6,9,14,18H,7-8H2,1H3,(H4,21,23,24,28,30,31)/t14?,18-/m0/s1. The number of hydrogen-bond acceptors (Lipinski definition) is 12. The Balaban J connectivity index is 1.51. The van der Waals surface area contributed by atoms with Crippen molar-refractivity contribution in [3.05, 3.63) is 52.4 Å². The van der Waals surface area contributed by atoms with E-state index in [9.17, 15) is 19.5 Å². The first-order valence-corrected chi connectivity index (χ1v) is 11.9. The molecule has 1 unspecified atom stereocenters. The number of carbonyl (C=O) groups excluding carboxylic acids is 3. The zero-order valence-corrected chi connectivity index (χ0v) is 19.8. The van der Waals surface area contributed by atoms with Crippen LogP contribution in [0.25, 0.3) is 0 Å². The van der Waals surface area contributed by atoms with Crippen molar-refractivity contribution in [1.82, 2.24) is 15.2 Å². The largest absolute Gasteiger partial charge is 0.543 e. The number of carbonyl (C=O) groups is 3. The van der Waals surface area contributed by atoms with E-state index in [1.807, 2.05) is 0 Å². The van der Waals surface area contributed by atoms with Gasteiger partial charge in [-0.15, -0.1) is 23.1 Å². The first kappa shape index (κ1) is 24.2. The highest BCUT2D eigenvalue weighted by Gasteiger charge is 2.53. The molecule has 2 atom stereocenters. The molecule has 0 aromatic carbocycles. The summed E-state index contributed by atoms with van der Waals surface area (Å²) in [6, 6.07) is 2.41. The number of nitrogens with two attached hydrogens (primary N) is 1. The summed E-state index contributed by atoms with van der Waals surface area (Å²) in [5.41, 5.74) is 6.59. The molecular formula is C20H19N7O6S2. The maximum Gasteiger partial charge on any atom is 0.276 e. The summed E-state index contributed by atoms with van der Waals surface area (Å²) in [5.74, 6) is -2.46. The maximum absolute atomic E-state index is 12.9. The molecule has 4 heterocycles. The number of nitrogens with one attached hydrogen (secondary N) is 1. The highest BCUT2D eigenvalue weighted by Crippen LogP contribution is 2.40. The third-order valence-electron chi connectivity index (χ3n) is 5.19. The van der Waals surface area contributed by atoms with Crippen LogP contribution in [-0.4, -0.2) is 69.1 Å². The quantitative estimate of drug-likeness (QED) is 0.120. The lowest BCUT2D eigenvalue weighted by Gasteiger charge is -2.50. The molecule has 0 bridgehead atoms. The Morgan fingerprint density at radius 2 is 2.20 bits per heavy atom. The lowest BCUT2D eigenvalue weighted by molar-refractivity contribution is -0.689. The molecule has 1 saturated heterocycles. The van der Waals surface area contributed by atoms with E-state index in [1.165, 1.54) is 30.5 Å². The second-order valence-electron chi connectivity index (χ2n) is 7.34. The van der Waals surface area contributed by atoms with E-state index in [4.69, 9.17) is 15.8 Å². The zero-order chi connectivity index (χ0) is 25.1. The fourth-order valence-corrected chi connectivity index (χ4v) is 5.53. The Morgan fingerprint density at radius 3 is 2.80 bits per heavy atom. The smallest absolute Gasteiger partial charge is 0.276 e. The summed E-state index contributed by atoms with van der Waals surface area (Å²) in [6.07, 6.45) is 4.64. The number of thiazole rings is 1. The number of anilines is 1. The molecule has 4 rings (SSSR count). The van der Waals surface area contributed by atoms with Crippen molar-refractivity contribution in [3.63, 3.8) is 0 Å². The van der Waals surface area contributed by atoms with E-state index >= 15 is 0 Å². The van der Waals surface area contributed by atoms with Crippen LogP contribution in [0.15, 0.2) is 51.5 Å². The van der Waals surface area contributed by atoms with Crippen molar-refractivity contribution in [2.24, 2.45) is 10.3 Å². The summed E-state index contributed by atoms with van der Waals surface area (Å²) in [4.78, 5) is 47.6. The number of rotatable bonds is 8. The van der Waals surface area contributed by atoms with Crippen molar-refractivity contribution in [2.75, 3.05) is 18.6 Å². The number of carboxylic acid groups (broad SMARTS) is 1. The molecule has 0 saturated carbocycles. The first-order chi connectivity index (χ1) is 16.8. The number of oxime groups is 2. The normalized spacial score (nSPS) is 20.0. The lowest BCUT2D eigenvalue weighted by atomic mass is 10.0. The summed E-state index contributed by atoms with van der Waals surface area (Å²) in [6.45, 7) is 0.205. The van der Waals surface area contributed by atoms with Gasteiger partial charge < -0.3 is 31.0 Å². The second-order valence-corrected chi connectivity index (χ2v) is 9.34. The minimum atomic E-state index is -1.48. The first-order valence-electron chi connectivity index (χ1n) is 10.0. The molecule has 2 amide bonds. The highest BCUT2D eigenvalue weighted by atomic mass is 32.2. The van der Waals surface area contributed by atoms with E-state index in [-0.39, 0.29) is 28.8 Å². The number of nitrogens with zero attached hydrogens (tertiary/aromatic N) is 5. The molecule has 2 aliphatic rings. The maximum atomic E-state index is 12.9. The van der Waals surface area contributed by atoms with Crippen LogP contribution < -0.4 is 20.7 Å². The molecule has 13 nitrogen and oxygen atoms in total. The lowest BCUT2D eigenvalue weighted by Crippen LogP contribution is -2.71. The van der Waals surface area contributed by atoms with Crippen molar-refractivity contribution in [3.8, 4) is 0 Å². The van der Waals surface area contributed by atoms with Gasteiger partial charge in [0.15, 0.2) is 29.8 Å². The molecule has 182 valence electrons. The van der Waals surface area contributed by atoms with Crippen LogP contribution in [0.1, 0.15) is 11.3 Å². The number of fused-ring (bicyclic) bond motifs is 1. The van der Waals surface area contributed by atoms with Crippen molar-refractivity contribution < 1.29 is 34.1 Å². The van der Waals surface area contributed by atoms with E-state index < -0.39 is 29.2 Å². The van der Waals surface area contributed by atoms with Crippen molar-refractivity contribution in [2.45, 2.75) is 18.0 Å². The Morgan fingerprint density at radius 1 is 1.46 bits per heavy atom. The van der Waals surface area contributed by atoms with Gasteiger partial charge in [-0.1, -0.05) is 10.3 Å². The van der Waals surface area contributed by atoms with Gasteiger partial charge >= 0.3 is 0 Å². The van der Waals surface area contributed by atoms with Crippen molar-refractivity contribution >= 4 is 57.9 Å². The summed E-state index contributed by atoms with van der Waals surface area (Å²) >= 11 is 2.43. The third-order valence-corrected chi connectivity index (χ3v) is 7.20. The molecular weight excluding hydrogens is 498 g/mol. The van der Waals surface area contributed by atoms with Gasteiger partial charge in [0.05, 0.1) is 17.9 Å². The predicted molar refractivity (Wildman–Crippen MR) is 123 cm³/mol. The number of amides is 2. The van der Waals surface area contributed by atoms with Crippen LogP contribution in [0.4, 0.5) is 5.13 Å². The van der Waals surface area contributed by atoms with Gasteiger partial charge in [0.2, 0.25) is 0 Å². The van der Waals surface area contributed by atoms with Gasteiger partial charge in [-0.2, -0.15) is 0 Å². The second kappa shape index (κ2) is 10.1. The van der Waals surface area contributed by atoms with Gasteiger partial charge in [-0.25, -0.2) is 9.55 Å². The molecule has 4 N–H and O–H groups in total. The van der Waals surface area contributed by atoms with Gasteiger partial charge in [-0.3, -0.25) is 14.5 Å². The fourth-order valence-electron chi connectivity index (χ4n) is 3.64. The average Bonchev–Trinajstić information content (AvgIpc) is 3.27.